The average molecular weight is 279 g/mol. The molecule has 0 aliphatic heterocycles. The zero-order chi connectivity index (χ0) is 14.3. The van der Waals surface area contributed by atoms with Gasteiger partial charge in [-0.05, 0) is 42.9 Å². The zero-order valence-electron chi connectivity index (χ0n) is 11.1. The minimum absolute atomic E-state index is 0.138. The summed E-state index contributed by atoms with van der Waals surface area (Å²) >= 11 is 4.66. The molecule has 6 heteroatoms. The molecule has 3 N–H and O–H groups in total. The van der Waals surface area contributed by atoms with E-state index in [2.05, 4.69) is 22.7 Å². The van der Waals surface area contributed by atoms with Crippen LogP contribution in [0.5, 0.6) is 11.5 Å². The van der Waals surface area contributed by atoms with Crippen molar-refractivity contribution in [3.05, 3.63) is 29.8 Å². The summed E-state index contributed by atoms with van der Waals surface area (Å²) < 4.78 is 10.4. The first-order chi connectivity index (χ1) is 9.06. The van der Waals surface area contributed by atoms with Crippen LogP contribution in [0.4, 0.5) is 0 Å². The molecule has 0 fully saturated rings. The highest BCUT2D eigenvalue weighted by Gasteiger charge is 2.02. The third kappa shape index (κ3) is 4.97. The second-order valence-corrected chi connectivity index (χ2v) is 4.12. The smallest absolute Gasteiger partial charge is 0.184 e. The van der Waals surface area contributed by atoms with Crippen molar-refractivity contribution in [1.82, 2.24) is 5.43 Å². The number of methoxy groups -OCH3 is 2. The number of ether oxygens (including phenoxy) is 2. The Hall–Kier alpha value is -2.08. The van der Waals surface area contributed by atoms with Crippen LogP contribution in [0.2, 0.25) is 0 Å². The lowest BCUT2D eigenvalue weighted by molar-refractivity contribution is 0.355. The molecular formula is C13H17N3O2S. The number of hydrazone groups is 1. The molecule has 0 spiro atoms. The minimum Gasteiger partial charge on any atom is -0.493 e. The van der Waals surface area contributed by atoms with Crippen LogP contribution in [0.15, 0.2) is 29.4 Å². The summed E-state index contributed by atoms with van der Waals surface area (Å²) in [6.45, 7) is 1.84. The average Bonchev–Trinajstić information content (AvgIpc) is 2.42. The normalized spacial score (nSPS) is 11.4. The number of hydrogen-bond acceptors (Lipinski definition) is 4. The fourth-order valence-corrected chi connectivity index (χ4v) is 1.40. The van der Waals surface area contributed by atoms with Crippen molar-refractivity contribution >= 4 is 29.1 Å². The third-order valence-electron chi connectivity index (χ3n) is 2.27. The molecule has 0 aromatic heterocycles. The molecule has 0 atom stereocenters. The van der Waals surface area contributed by atoms with Gasteiger partial charge in [-0.25, -0.2) is 0 Å². The Morgan fingerprint density at radius 3 is 2.58 bits per heavy atom. The van der Waals surface area contributed by atoms with Crippen LogP contribution in [-0.4, -0.2) is 25.0 Å². The van der Waals surface area contributed by atoms with E-state index < -0.39 is 0 Å². The van der Waals surface area contributed by atoms with Crippen LogP contribution in [0.1, 0.15) is 12.5 Å². The molecule has 0 unspecified atom stereocenters. The SMILES string of the molecule is COc1ccc(/C=C\C(C)=N/NC(N)=S)cc1OC. The number of nitrogens with two attached hydrogens (primary N) is 1. The molecule has 0 radical (unpaired) electrons. The maximum Gasteiger partial charge on any atom is 0.184 e. The van der Waals surface area contributed by atoms with E-state index in [1.165, 1.54) is 0 Å². The quantitative estimate of drug-likeness (QED) is 0.489. The van der Waals surface area contributed by atoms with Gasteiger partial charge in [0.15, 0.2) is 16.6 Å². The van der Waals surface area contributed by atoms with Crippen molar-refractivity contribution in [3.8, 4) is 11.5 Å². The summed E-state index contributed by atoms with van der Waals surface area (Å²) in [5, 5.41) is 4.11. The highest BCUT2D eigenvalue weighted by molar-refractivity contribution is 7.80. The predicted molar refractivity (Wildman–Crippen MR) is 81.6 cm³/mol. The van der Waals surface area contributed by atoms with Gasteiger partial charge in [-0.2, -0.15) is 5.10 Å². The summed E-state index contributed by atoms with van der Waals surface area (Å²) in [5.41, 5.74) is 9.53. The van der Waals surface area contributed by atoms with E-state index in [0.29, 0.717) is 11.5 Å². The molecule has 102 valence electrons. The van der Waals surface area contributed by atoms with E-state index in [9.17, 15) is 0 Å². The number of benzene rings is 1. The molecule has 1 aromatic carbocycles. The second-order valence-electron chi connectivity index (χ2n) is 3.68. The second kappa shape index (κ2) is 7.38. The van der Waals surface area contributed by atoms with E-state index in [1.807, 2.05) is 37.3 Å². The Bertz CT molecular complexity index is 513. The zero-order valence-corrected chi connectivity index (χ0v) is 12.0. The van der Waals surface area contributed by atoms with Gasteiger partial charge < -0.3 is 15.2 Å². The summed E-state index contributed by atoms with van der Waals surface area (Å²) in [7, 11) is 3.20. The molecule has 0 amide bonds. The van der Waals surface area contributed by atoms with Crippen molar-refractivity contribution in [3.63, 3.8) is 0 Å². The van der Waals surface area contributed by atoms with Crippen LogP contribution < -0.4 is 20.6 Å². The summed E-state index contributed by atoms with van der Waals surface area (Å²) in [6.07, 6.45) is 3.74. The topological polar surface area (TPSA) is 68.9 Å². The van der Waals surface area contributed by atoms with Crippen LogP contribution >= 0.6 is 12.2 Å². The first kappa shape index (κ1) is 15.0. The molecule has 0 aliphatic carbocycles. The first-order valence-electron chi connectivity index (χ1n) is 5.56. The number of hydrogen-bond donors (Lipinski definition) is 2. The Morgan fingerprint density at radius 2 is 2.00 bits per heavy atom. The van der Waals surface area contributed by atoms with Gasteiger partial charge in [0.1, 0.15) is 0 Å². The summed E-state index contributed by atoms with van der Waals surface area (Å²) in [6, 6.07) is 5.65. The minimum atomic E-state index is 0.138. The maximum atomic E-state index is 5.28. The first-order valence-corrected chi connectivity index (χ1v) is 5.97. The molecule has 0 saturated carbocycles. The van der Waals surface area contributed by atoms with Crippen molar-refractivity contribution in [1.29, 1.82) is 0 Å². The molecule has 0 heterocycles. The van der Waals surface area contributed by atoms with Crippen LogP contribution in [-0.2, 0) is 0 Å². The van der Waals surface area contributed by atoms with Gasteiger partial charge in [0.25, 0.3) is 0 Å². The lowest BCUT2D eigenvalue weighted by atomic mass is 10.1. The monoisotopic (exact) mass is 279 g/mol. The number of thiocarbonyl (C=S) groups is 1. The summed E-state index contributed by atoms with van der Waals surface area (Å²) in [4.78, 5) is 0. The molecule has 0 aliphatic rings. The van der Waals surface area contributed by atoms with E-state index in [0.717, 1.165) is 11.3 Å². The van der Waals surface area contributed by atoms with Crippen molar-refractivity contribution in [2.75, 3.05) is 14.2 Å². The fourth-order valence-electron chi connectivity index (χ4n) is 1.35. The number of nitrogens with one attached hydrogen (secondary N) is 1. The Labute approximate surface area is 118 Å². The number of nitrogens with zero attached hydrogens (tertiary/aromatic N) is 1. The van der Waals surface area contributed by atoms with E-state index >= 15 is 0 Å². The molecule has 5 nitrogen and oxygen atoms in total. The number of rotatable bonds is 5. The molecule has 0 saturated heterocycles. The number of allylic oxidation sites excluding steroid dienone is 1. The van der Waals surface area contributed by atoms with Gasteiger partial charge in [-0.1, -0.05) is 12.1 Å². The Balaban J connectivity index is 2.82. The third-order valence-corrected chi connectivity index (χ3v) is 2.36. The van der Waals surface area contributed by atoms with Crippen LogP contribution in [0.25, 0.3) is 6.08 Å². The van der Waals surface area contributed by atoms with Gasteiger partial charge in [0.2, 0.25) is 0 Å². The highest BCUT2D eigenvalue weighted by Crippen LogP contribution is 2.27. The maximum absolute atomic E-state index is 5.28. The predicted octanol–water partition coefficient (Wildman–Crippen LogP) is 1.93. The van der Waals surface area contributed by atoms with E-state index in [1.54, 1.807) is 14.2 Å². The van der Waals surface area contributed by atoms with Crippen molar-refractivity contribution in [2.24, 2.45) is 10.8 Å². The van der Waals surface area contributed by atoms with Gasteiger partial charge in [0.05, 0.1) is 19.9 Å². The van der Waals surface area contributed by atoms with Gasteiger partial charge in [-0.3, -0.25) is 5.43 Å². The molecular weight excluding hydrogens is 262 g/mol. The van der Waals surface area contributed by atoms with Gasteiger partial charge in [-0.15, -0.1) is 0 Å². The lowest BCUT2D eigenvalue weighted by Gasteiger charge is -2.07. The van der Waals surface area contributed by atoms with E-state index in [4.69, 9.17) is 15.2 Å². The van der Waals surface area contributed by atoms with Gasteiger partial charge >= 0.3 is 0 Å². The van der Waals surface area contributed by atoms with E-state index in [-0.39, 0.29) is 5.11 Å². The van der Waals surface area contributed by atoms with Crippen LogP contribution in [0.3, 0.4) is 0 Å². The fraction of sp³-hybridized carbons (Fsp3) is 0.231. The molecule has 19 heavy (non-hydrogen) atoms. The standard InChI is InChI=1S/C13H17N3O2S/c1-9(15-16-13(14)19)4-5-10-6-7-11(17-2)12(8-10)18-3/h4-8H,1-3H3,(H3,14,16,19)/b5-4-,15-9-. The van der Waals surface area contributed by atoms with Crippen molar-refractivity contribution < 1.29 is 9.47 Å². The molecule has 0 bridgehead atoms. The van der Waals surface area contributed by atoms with Gasteiger partial charge in [0, 0.05) is 0 Å². The highest BCUT2D eigenvalue weighted by atomic mass is 32.1. The Morgan fingerprint density at radius 1 is 1.32 bits per heavy atom. The Kier molecular flexibility index (Phi) is 5.81. The lowest BCUT2D eigenvalue weighted by Crippen LogP contribution is -2.24. The summed E-state index contributed by atoms with van der Waals surface area (Å²) in [5.74, 6) is 1.38. The molecule has 1 rings (SSSR count). The largest absolute Gasteiger partial charge is 0.493 e. The van der Waals surface area contributed by atoms with Crippen molar-refractivity contribution in [2.45, 2.75) is 6.92 Å². The van der Waals surface area contributed by atoms with Crippen LogP contribution in [0, 0.1) is 0 Å². The molecule has 1 aromatic rings.